The van der Waals surface area contributed by atoms with Crippen LogP contribution in [0.1, 0.15) is 104 Å². The molecule has 1 aromatic carbocycles. The van der Waals surface area contributed by atoms with Crippen molar-refractivity contribution < 1.29 is 24.2 Å². The van der Waals surface area contributed by atoms with E-state index in [1.165, 1.54) is 0 Å². The van der Waals surface area contributed by atoms with E-state index in [0.717, 1.165) is 38.5 Å². The van der Waals surface area contributed by atoms with Crippen LogP contribution in [0.2, 0.25) is 0 Å². The van der Waals surface area contributed by atoms with E-state index in [1.807, 2.05) is 20.8 Å². The number of ether oxygens (including phenoxy) is 1. The van der Waals surface area contributed by atoms with Crippen LogP contribution < -0.4 is 10.6 Å². The number of rotatable bonds is 14. The van der Waals surface area contributed by atoms with Gasteiger partial charge in [0, 0.05) is 13.1 Å². The van der Waals surface area contributed by atoms with Gasteiger partial charge in [-0.2, -0.15) is 0 Å². The number of unbranched alkanes of at least 4 members (excludes halogenated alkanes) is 4. The van der Waals surface area contributed by atoms with Crippen LogP contribution in [0.5, 0.6) is 5.75 Å². The van der Waals surface area contributed by atoms with E-state index in [0.29, 0.717) is 24.2 Å². The Hall–Kier alpha value is -2.77. The zero-order valence-electron chi connectivity index (χ0n) is 24.1. The Bertz CT molecular complexity index is 879. The van der Waals surface area contributed by atoms with Crippen molar-refractivity contribution in [3.05, 3.63) is 29.3 Å². The van der Waals surface area contributed by atoms with Gasteiger partial charge in [0.2, 0.25) is 11.8 Å². The number of amides is 3. The normalized spacial score (nSPS) is 13.1. The summed E-state index contributed by atoms with van der Waals surface area (Å²) in [7, 11) is 0. The second-order valence-corrected chi connectivity index (χ2v) is 11.1. The molecule has 3 amide bonds. The van der Waals surface area contributed by atoms with E-state index in [4.69, 9.17) is 4.74 Å². The molecule has 0 aromatic heterocycles. The smallest absolute Gasteiger partial charge is 0.408 e. The van der Waals surface area contributed by atoms with Crippen molar-refractivity contribution in [3.63, 3.8) is 0 Å². The predicted octanol–water partition coefficient (Wildman–Crippen LogP) is 5.62. The van der Waals surface area contributed by atoms with E-state index in [-0.39, 0.29) is 23.5 Å². The predicted molar refractivity (Wildman–Crippen MR) is 147 cm³/mol. The van der Waals surface area contributed by atoms with Crippen molar-refractivity contribution in [1.82, 2.24) is 15.5 Å². The molecule has 0 aliphatic rings. The van der Waals surface area contributed by atoms with E-state index in [9.17, 15) is 19.5 Å². The number of phenols is 1. The number of nitrogens with zero attached hydrogens (tertiary/aromatic N) is 1. The number of carbonyl (C=O) groups excluding carboxylic acids is 3. The number of phenolic OH excluding ortho intramolecular Hbond substituents is 1. The molecule has 210 valence electrons. The highest BCUT2D eigenvalue weighted by Gasteiger charge is 2.37. The first-order valence-corrected chi connectivity index (χ1v) is 13.7. The van der Waals surface area contributed by atoms with Crippen molar-refractivity contribution in [3.8, 4) is 5.75 Å². The number of hydrogen-bond acceptors (Lipinski definition) is 5. The summed E-state index contributed by atoms with van der Waals surface area (Å²) < 4.78 is 5.42. The van der Waals surface area contributed by atoms with Crippen molar-refractivity contribution in [2.75, 3.05) is 13.1 Å². The van der Waals surface area contributed by atoms with Crippen LogP contribution in [0.25, 0.3) is 0 Å². The largest absolute Gasteiger partial charge is 0.508 e. The van der Waals surface area contributed by atoms with Crippen LogP contribution in [-0.2, 0) is 14.3 Å². The Balaban J connectivity index is 3.47. The van der Waals surface area contributed by atoms with Crippen LogP contribution in [0.4, 0.5) is 4.79 Å². The molecule has 0 spiro atoms. The molecule has 2 atom stereocenters. The minimum Gasteiger partial charge on any atom is -0.508 e. The van der Waals surface area contributed by atoms with Crippen LogP contribution in [0.15, 0.2) is 18.2 Å². The monoisotopic (exact) mass is 519 g/mol. The van der Waals surface area contributed by atoms with E-state index in [2.05, 4.69) is 17.6 Å². The highest BCUT2D eigenvalue weighted by atomic mass is 16.6. The summed E-state index contributed by atoms with van der Waals surface area (Å²) in [5.41, 5.74) is 0.530. The van der Waals surface area contributed by atoms with Gasteiger partial charge in [-0.05, 0) is 69.7 Å². The quantitative estimate of drug-likeness (QED) is 0.277. The van der Waals surface area contributed by atoms with Gasteiger partial charge in [0.25, 0.3) is 0 Å². The molecule has 0 radical (unpaired) electrons. The fourth-order valence-corrected chi connectivity index (χ4v) is 4.01. The maximum absolute atomic E-state index is 14.1. The van der Waals surface area contributed by atoms with Gasteiger partial charge in [0.15, 0.2) is 0 Å². The fourth-order valence-electron chi connectivity index (χ4n) is 4.01. The first kappa shape index (κ1) is 32.3. The van der Waals surface area contributed by atoms with Crippen molar-refractivity contribution in [2.45, 2.75) is 112 Å². The standard InChI is InChI=1S/C29H49N3O5/c1-9-11-13-14-18-32(27(35)24(20(3)4)31-28(36)37-29(6,7)8)25(26(34)30-17-12-10-2)22-15-16-23(33)21(5)19-22/h15-16,19-20,24-25,33H,9-14,17-18H2,1-8H3,(H,30,34)(H,31,36). The van der Waals surface area contributed by atoms with Gasteiger partial charge < -0.3 is 25.4 Å². The molecule has 37 heavy (non-hydrogen) atoms. The number of benzene rings is 1. The number of carbonyl (C=O) groups is 3. The Kier molecular flexibility index (Phi) is 13.5. The summed E-state index contributed by atoms with van der Waals surface area (Å²) in [4.78, 5) is 41.9. The first-order valence-electron chi connectivity index (χ1n) is 13.7. The summed E-state index contributed by atoms with van der Waals surface area (Å²) in [5, 5.41) is 15.8. The number of nitrogens with one attached hydrogen (secondary N) is 2. The van der Waals surface area contributed by atoms with Gasteiger partial charge in [0.1, 0.15) is 23.4 Å². The Morgan fingerprint density at radius 3 is 2.22 bits per heavy atom. The van der Waals surface area contributed by atoms with E-state index < -0.39 is 23.8 Å². The molecular formula is C29H49N3O5. The Morgan fingerprint density at radius 1 is 1.03 bits per heavy atom. The molecule has 1 rings (SSSR count). The lowest BCUT2D eigenvalue weighted by molar-refractivity contribution is -0.143. The molecule has 3 N–H and O–H groups in total. The summed E-state index contributed by atoms with van der Waals surface area (Å²) in [6.07, 6.45) is 4.80. The number of alkyl carbamates (subject to hydrolysis) is 1. The average Bonchev–Trinajstić information content (AvgIpc) is 2.80. The minimum atomic E-state index is -0.896. The van der Waals surface area contributed by atoms with Crippen molar-refractivity contribution in [1.29, 1.82) is 0 Å². The van der Waals surface area contributed by atoms with Crippen LogP contribution in [-0.4, -0.2) is 52.6 Å². The second-order valence-electron chi connectivity index (χ2n) is 11.1. The second kappa shape index (κ2) is 15.5. The van der Waals surface area contributed by atoms with Gasteiger partial charge in [-0.1, -0.05) is 59.4 Å². The molecule has 8 nitrogen and oxygen atoms in total. The molecule has 0 bridgehead atoms. The Labute approximate surface area is 223 Å². The molecule has 0 heterocycles. The lowest BCUT2D eigenvalue weighted by Crippen LogP contribution is -2.55. The lowest BCUT2D eigenvalue weighted by atomic mass is 9.97. The Morgan fingerprint density at radius 2 is 1.68 bits per heavy atom. The van der Waals surface area contributed by atoms with Gasteiger partial charge >= 0.3 is 6.09 Å². The zero-order valence-corrected chi connectivity index (χ0v) is 24.1. The van der Waals surface area contributed by atoms with Crippen molar-refractivity contribution >= 4 is 17.9 Å². The third-order valence-electron chi connectivity index (χ3n) is 6.07. The molecule has 8 heteroatoms. The van der Waals surface area contributed by atoms with E-state index >= 15 is 0 Å². The molecule has 0 fully saturated rings. The maximum atomic E-state index is 14.1. The fraction of sp³-hybridized carbons (Fsp3) is 0.690. The average molecular weight is 520 g/mol. The van der Waals surface area contributed by atoms with Gasteiger partial charge in [-0.3, -0.25) is 9.59 Å². The van der Waals surface area contributed by atoms with E-state index in [1.54, 1.807) is 50.8 Å². The lowest BCUT2D eigenvalue weighted by Gasteiger charge is -2.36. The highest BCUT2D eigenvalue weighted by Crippen LogP contribution is 2.28. The summed E-state index contributed by atoms with van der Waals surface area (Å²) in [5.74, 6) is -0.717. The third-order valence-corrected chi connectivity index (χ3v) is 6.07. The number of hydrogen-bond donors (Lipinski definition) is 3. The van der Waals surface area contributed by atoms with Gasteiger partial charge in [-0.15, -0.1) is 0 Å². The maximum Gasteiger partial charge on any atom is 0.408 e. The highest BCUT2D eigenvalue weighted by molar-refractivity contribution is 5.92. The summed E-state index contributed by atoms with van der Waals surface area (Å²) >= 11 is 0. The zero-order chi connectivity index (χ0) is 28.2. The van der Waals surface area contributed by atoms with Gasteiger partial charge in [-0.25, -0.2) is 4.79 Å². The molecule has 0 aliphatic carbocycles. The number of aromatic hydroxyl groups is 1. The molecule has 1 aromatic rings. The minimum absolute atomic E-state index is 0.126. The van der Waals surface area contributed by atoms with Gasteiger partial charge in [0.05, 0.1) is 0 Å². The summed E-state index contributed by atoms with van der Waals surface area (Å²) in [6.45, 7) is 15.8. The molecular weight excluding hydrogens is 470 g/mol. The SMILES string of the molecule is CCCCCCN(C(=O)C(NC(=O)OC(C)(C)C)C(C)C)C(C(=O)NCCCC)c1ccc(O)c(C)c1. The topological polar surface area (TPSA) is 108 Å². The first-order chi connectivity index (χ1) is 17.3. The third kappa shape index (κ3) is 11.0. The molecule has 0 aliphatic heterocycles. The molecule has 0 saturated carbocycles. The molecule has 2 unspecified atom stereocenters. The van der Waals surface area contributed by atoms with Crippen molar-refractivity contribution in [2.24, 2.45) is 5.92 Å². The van der Waals surface area contributed by atoms with Crippen LogP contribution in [0, 0.1) is 12.8 Å². The van der Waals surface area contributed by atoms with Crippen LogP contribution >= 0.6 is 0 Å². The molecule has 0 saturated heterocycles. The summed E-state index contributed by atoms with van der Waals surface area (Å²) in [6, 6.07) is 3.22. The van der Waals surface area contributed by atoms with Crippen LogP contribution in [0.3, 0.4) is 0 Å². The number of aryl methyl sites for hydroxylation is 1.